The molecular weight excluding hydrogens is 376 g/mol. The van der Waals surface area contributed by atoms with Crippen LogP contribution in [0.3, 0.4) is 0 Å². The van der Waals surface area contributed by atoms with Gasteiger partial charge in [-0.1, -0.05) is 29.8 Å². The molecule has 3 rings (SSSR count). The van der Waals surface area contributed by atoms with Gasteiger partial charge in [0, 0.05) is 4.90 Å². The van der Waals surface area contributed by atoms with Gasteiger partial charge >= 0.3 is 5.97 Å². The second-order valence-corrected chi connectivity index (χ2v) is 7.70. The highest BCUT2D eigenvalue weighted by atomic mass is 32.2. The topological polar surface area (TPSA) is 75.7 Å². The van der Waals surface area contributed by atoms with Crippen molar-refractivity contribution in [1.82, 2.24) is 0 Å². The van der Waals surface area contributed by atoms with Crippen LogP contribution in [-0.4, -0.2) is 36.2 Å². The minimum absolute atomic E-state index is 0.102. The average molecular weight is 398 g/mol. The lowest BCUT2D eigenvalue weighted by atomic mass is 10.1. The lowest BCUT2D eigenvalue weighted by Gasteiger charge is -2.30. The first-order valence-corrected chi connectivity index (χ1v) is 9.93. The monoisotopic (exact) mass is 398 g/mol. The fourth-order valence-corrected chi connectivity index (χ4v) is 3.82. The molecule has 1 atom stereocenters. The van der Waals surface area contributed by atoms with Gasteiger partial charge in [-0.2, -0.15) is 0 Å². The molecule has 7 heteroatoms. The van der Waals surface area contributed by atoms with E-state index in [0.29, 0.717) is 11.4 Å². The fourth-order valence-electron chi connectivity index (χ4n) is 3.03. The van der Waals surface area contributed by atoms with Gasteiger partial charge in [0.15, 0.2) is 6.10 Å². The van der Waals surface area contributed by atoms with Crippen LogP contribution < -0.4 is 10.2 Å². The molecule has 0 saturated heterocycles. The minimum Gasteiger partial charge on any atom is -0.452 e. The number of ether oxygens (including phenoxy) is 1. The molecule has 2 amide bonds. The van der Waals surface area contributed by atoms with Crippen molar-refractivity contribution in [3.05, 3.63) is 53.6 Å². The quantitative estimate of drug-likeness (QED) is 0.618. The van der Waals surface area contributed by atoms with Crippen LogP contribution in [0.15, 0.2) is 47.4 Å². The largest absolute Gasteiger partial charge is 0.452 e. The Morgan fingerprint density at radius 3 is 2.71 bits per heavy atom. The maximum Gasteiger partial charge on any atom is 0.317 e. The Bertz CT molecular complexity index is 928. The van der Waals surface area contributed by atoms with Gasteiger partial charge in [-0.3, -0.25) is 19.3 Å². The number of carbonyl (C=O) groups excluding carboxylic acids is 3. The van der Waals surface area contributed by atoms with Crippen molar-refractivity contribution < 1.29 is 19.1 Å². The van der Waals surface area contributed by atoms with E-state index < -0.39 is 18.0 Å². The average Bonchev–Trinajstić information content (AvgIpc) is 2.66. The van der Waals surface area contributed by atoms with E-state index in [1.165, 1.54) is 23.6 Å². The number of nitrogens with zero attached hydrogens (tertiary/aromatic N) is 1. The van der Waals surface area contributed by atoms with Crippen molar-refractivity contribution in [3.8, 4) is 0 Å². The molecule has 2 aromatic carbocycles. The summed E-state index contributed by atoms with van der Waals surface area (Å²) in [7, 11) is 0. The Kier molecular flexibility index (Phi) is 6.04. The van der Waals surface area contributed by atoms with E-state index in [-0.39, 0.29) is 18.2 Å². The molecule has 0 fully saturated rings. The summed E-state index contributed by atoms with van der Waals surface area (Å²) in [5.74, 6) is -1.07. The van der Waals surface area contributed by atoms with Crippen molar-refractivity contribution in [2.75, 3.05) is 22.5 Å². The van der Waals surface area contributed by atoms with Crippen LogP contribution in [0.5, 0.6) is 0 Å². The molecule has 6 nitrogen and oxygen atoms in total. The molecule has 0 aliphatic carbocycles. The highest BCUT2D eigenvalue weighted by molar-refractivity contribution is 8.00. The first kappa shape index (κ1) is 19.9. The number of hydrogen-bond donors (Lipinski definition) is 1. The van der Waals surface area contributed by atoms with Crippen molar-refractivity contribution in [2.45, 2.75) is 31.8 Å². The molecule has 1 heterocycles. The van der Waals surface area contributed by atoms with Crippen LogP contribution in [0, 0.1) is 13.8 Å². The standard InChI is InChI=1S/C21H22N2O4S/c1-13-8-9-18(14(2)10-13)28-12-20(25)27-15(3)21(26)23-11-19(24)22-16-6-4-5-7-17(16)23/h4-10,15H,11-12H2,1-3H3,(H,22,24)/t15-/m1/s1. The zero-order valence-electron chi connectivity index (χ0n) is 16.0. The van der Waals surface area contributed by atoms with E-state index >= 15 is 0 Å². The second-order valence-electron chi connectivity index (χ2n) is 6.68. The van der Waals surface area contributed by atoms with Gasteiger partial charge in [-0.15, -0.1) is 11.8 Å². The van der Waals surface area contributed by atoms with Crippen LogP contribution in [0.4, 0.5) is 11.4 Å². The SMILES string of the molecule is Cc1ccc(SCC(=O)O[C@H](C)C(=O)N2CC(=O)Nc3ccccc32)c(C)c1. The van der Waals surface area contributed by atoms with Crippen LogP contribution in [0.2, 0.25) is 0 Å². The first-order valence-electron chi connectivity index (χ1n) is 8.95. The molecule has 0 saturated carbocycles. The second kappa shape index (κ2) is 8.48. The molecule has 0 unspecified atom stereocenters. The lowest BCUT2D eigenvalue weighted by Crippen LogP contribution is -2.47. The van der Waals surface area contributed by atoms with Gasteiger partial charge in [0.25, 0.3) is 5.91 Å². The summed E-state index contributed by atoms with van der Waals surface area (Å²) >= 11 is 1.38. The van der Waals surface area contributed by atoms with Crippen LogP contribution >= 0.6 is 11.8 Å². The zero-order chi connectivity index (χ0) is 20.3. The Morgan fingerprint density at radius 1 is 1.21 bits per heavy atom. The summed E-state index contributed by atoms with van der Waals surface area (Å²) in [4.78, 5) is 39.2. The molecule has 0 aromatic heterocycles. The van der Waals surface area contributed by atoms with Gasteiger partial charge in [-0.05, 0) is 44.5 Å². The maximum absolute atomic E-state index is 12.8. The number of benzene rings is 2. The summed E-state index contributed by atoms with van der Waals surface area (Å²) in [5.41, 5.74) is 3.42. The number of amides is 2. The molecule has 146 valence electrons. The molecule has 28 heavy (non-hydrogen) atoms. The summed E-state index contributed by atoms with van der Waals surface area (Å²) in [5, 5.41) is 2.73. The minimum atomic E-state index is -0.980. The molecule has 0 bridgehead atoms. The van der Waals surface area contributed by atoms with E-state index in [0.717, 1.165) is 16.0 Å². The van der Waals surface area contributed by atoms with Crippen molar-refractivity contribution in [1.29, 1.82) is 0 Å². The maximum atomic E-state index is 12.8. The highest BCUT2D eigenvalue weighted by Gasteiger charge is 2.31. The van der Waals surface area contributed by atoms with Crippen molar-refractivity contribution in [2.24, 2.45) is 0 Å². The van der Waals surface area contributed by atoms with Gasteiger partial charge < -0.3 is 10.1 Å². The molecule has 1 N–H and O–H groups in total. The van der Waals surface area contributed by atoms with Gasteiger partial charge in [0.05, 0.1) is 17.1 Å². The molecule has 1 aliphatic rings. The van der Waals surface area contributed by atoms with Crippen molar-refractivity contribution >= 4 is 40.9 Å². The molecule has 0 radical (unpaired) electrons. The zero-order valence-corrected chi connectivity index (χ0v) is 16.8. The van der Waals surface area contributed by atoms with Crippen LogP contribution in [-0.2, 0) is 19.1 Å². The Morgan fingerprint density at radius 2 is 1.96 bits per heavy atom. The number of esters is 1. The van der Waals surface area contributed by atoms with Gasteiger partial charge in [-0.25, -0.2) is 0 Å². The Hall–Kier alpha value is -2.80. The summed E-state index contributed by atoms with van der Waals surface area (Å²) in [6.45, 7) is 5.43. The number of aryl methyl sites for hydroxylation is 2. The number of anilines is 2. The van der Waals surface area contributed by atoms with Gasteiger partial charge in [0.2, 0.25) is 5.91 Å². The smallest absolute Gasteiger partial charge is 0.317 e. The van der Waals surface area contributed by atoms with E-state index in [4.69, 9.17) is 4.74 Å². The van der Waals surface area contributed by atoms with Gasteiger partial charge in [0.1, 0.15) is 6.54 Å². The van der Waals surface area contributed by atoms with E-state index in [9.17, 15) is 14.4 Å². The van der Waals surface area contributed by atoms with E-state index in [1.807, 2.05) is 26.0 Å². The number of nitrogens with one attached hydrogen (secondary N) is 1. The summed E-state index contributed by atoms with van der Waals surface area (Å²) in [6.07, 6.45) is -0.980. The number of carbonyl (C=O) groups is 3. The number of rotatable bonds is 5. The fraction of sp³-hybridized carbons (Fsp3) is 0.286. The third-order valence-electron chi connectivity index (χ3n) is 4.37. The molecule has 1 aliphatic heterocycles. The Labute approximate surface area is 168 Å². The first-order chi connectivity index (χ1) is 13.3. The van der Waals surface area contributed by atoms with Crippen molar-refractivity contribution in [3.63, 3.8) is 0 Å². The highest BCUT2D eigenvalue weighted by Crippen LogP contribution is 2.29. The number of hydrogen-bond acceptors (Lipinski definition) is 5. The predicted octanol–water partition coefficient (Wildman–Crippen LogP) is 3.31. The Balaban J connectivity index is 1.61. The van der Waals surface area contributed by atoms with Crippen LogP contribution in [0.1, 0.15) is 18.1 Å². The number of thioether (sulfide) groups is 1. The summed E-state index contributed by atoms with van der Waals surface area (Å²) in [6, 6.07) is 13.1. The van der Waals surface area contributed by atoms with E-state index in [2.05, 4.69) is 11.4 Å². The molecular formula is C21H22N2O4S. The number of para-hydroxylation sites is 2. The predicted molar refractivity (Wildman–Crippen MR) is 110 cm³/mol. The third-order valence-corrected chi connectivity index (χ3v) is 5.52. The molecule has 0 spiro atoms. The number of fused-ring (bicyclic) bond motifs is 1. The third kappa shape index (κ3) is 4.54. The molecule has 2 aromatic rings. The van der Waals surface area contributed by atoms with E-state index in [1.54, 1.807) is 24.3 Å². The van der Waals surface area contributed by atoms with Crippen LogP contribution in [0.25, 0.3) is 0 Å². The summed E-state index contributed by atoms with van der Waals surface area (Å²) < 4.78 is 5.32. The normalized spacial score (nSPS) is 14.1. The lowest BCUT2D eigenvalue weighted by molar-refractivity contribution is -0.151.